The van der Waals surface area contributed by atoms with Crippen LogP contribution in [-0.2, 0) is 14.6 Å². The molecule has 0 aromatic carbocycles. The number of hydrogen-bond acceptors (Lipinski definition) is 4. The van der Waals surface area contributed by atoms with E-state index in [1.807, 2.05) is 13.8 Å². The molecule has 0 bridgehead atoms. The second-order valence-electron chi connectivity index (χ2n) is 2.98. The molecule has 0 spiro atoms. The average Bonchev–Trinajstić information content (AvgIpc) is 2.03. The van der Waals surface area contributed by atoms with Gasteiger partial charge in [-0.05, 0) is 13.3 Å². The lowest BCUT2D eigenvalue weighted by Gasteiger charge is -2.09. The molecule has 4 nitrogen and oxygen atoms in total. The maximum absolute atomic E-state index is 11.3. The van der Waals surface area contributed by atoms with Crippen LogP contribution in [0.25, 0.3) is 0 Å². The van der Waals surface area contributed by atoms with E-state index in [0.29, 0.717) is 13.0 Å². The molecule has 0 heterocycles. The van der Waals surface area contributed by atoms with Gasteiger partial charge in [-0.15, -0.1) is 0 Å². The Hall–Kier alpha value is -0.130. The Balaban J connectivity index is 3.81. The standard InChI is InChI=1S/C8H19NO3S/c1-3-8(9)7-13(10,11)6-5-12-4-2/h8H,3-7,9H2,1-2H3. The lowest BCUT2D eigenvalue weighted by molar-refractivity contribution is 0.163. The topological polar surface area (TPSA) is 69.4 Å². The molecule has 0 aromatic rings. The normalized spacial score (nSPS) is 14.4. The minimum absolute atomic E-state index is 0.0660. The molecule has 0 fully saturated rings. The fourth-order valence-electron chi connectivity index (χ4n) is 0.858. The van der Waals surface area contributed by atoms with Crippen LogP contribution in [0.15, 0.2) is 0 Å². The Labute approximate surface area is 80.4 Å². The van der Waals surface area contributed by atoms with Gasteiger partial charge in [-0.2, -0.15) is 0 Å². The molecule has 1 atom stereocenters. The van der Waals surface area contributed by atoms with Gasteiger partial charge in [0.05, 0.1) is 18.1 Å². The second kappa shape index (κ2) is 6.34. The van der Waals surface area contributed by atoms with E-state index < -0.39 is 9.84 Å². The van der Waals surface area contributed by atoms with Crippen molar-refractivity contribution in [2.75, 3.05) is 24.7 Å². The van der Waals surface area contributed by atoms with E-state index >= 15 is 0 Å². The molecule has 13 heavy (non-hydrogen) atoms. The van der Waals surface area contributed by atoms with Crippen molar-refractivity contribution in [3.8, 4) is 0 Å². The molecule has 0 aromatic heterocycles. The van der Waals surface area contributed by atoms with Crippen LogP contribution in [0.5, 0.6) is 0 Å². The third kappa shape index (κ3) is 6.98. The Kier molecular flexibility index (Phi) is 6.28. The molecular weight excluding hydrogens is 190 g/mol. The lowest BCUT2D eigenvalue weighted by atomic mass is 10.3. The molecule has 1 unspecified atom stereocenters. The van der Waals surface area contributed by atoms with Crippen LogP contribution in [0.2, 0.25) is 0 Å². The first-order valence-electron chi connectivity index (χ1n) is 4.55. The molecule has 0 saturated heterocycles. The summed E-state index contributed by atoms with van der Waals surface area (Å²) in [6.45, 7) is 4.54. The van der Waals surface area contributed by atoms with Gasteiger partial charge in [-0.3, -0.25) is 0 Å². The van der Waals surface area contributed by atoms with Gasteiger partial charge < -0.3 is 10.5 Å². The van der Waals surface area contributed by atoms with Gasteiger partial charge in [0.1, 0.15) is 0 Å². The predicted octanol–water partition coefficient (Wildman–Crippen LogP) is 0.175. The first kappa shape index (κ1) is 12.9. The average molecular weight is 209 g/mol. The van der Waals surface area contributed by atoms with Gasteiger partial charge in [-0.1, -0.05) is 6.92 Å². The molecular formula is C8H19NO3S. The zero-order chi connectivity index (χ0) is 10.3. The summed E-state index contributed by atoms with van der Waals surface area (Å²) in [6.07, 6.45) is 0.688. The van der Waals surface area contributed by atoms with Crippen LogP contribution in [0.3, 0.4) is 0 Å². The van der Waals surface area contributed by atoms with E-state index in [1.54, 1.807) is 0 Å². The number of nitrogens with two attached hydrogens (primary N) is 1. The number of rotatable bonds is 7. The van der Waals surface area contributed by atoms with Gasteiger partial charge >= 0.3 is 0 Å². The van der Waals surface area contributed by atoms with E-state index in [0.717, 1.165) is 0 Å². The SMILES string of the molecule is CCOCCS(=O)(=O)CC(N)CC. The van der Waals surface area contributed by atoms with Crippen molar-refractivity contribution in [1.82, 2.24) is 0 Å². The fraction of sp³-hybridized carbons (Fsp3) is 1.00. The van der Waals surface area contributed by atoms with Crippen LogP contribution in [-0.4, -0.2) is 39.2 Å². The van der Waals surface area contributed by atoms with Crippen molar-refractivity contribution in [3.05, 3.63) is 0 Å². The minimum atomic E-state index is -3.02. The van der Waals surface area contributed by atoms with E-state index in [4.69, 9.17) is 10.5 Å². The summed E-state index contributed by atoms with van der Waals surface area (Å²) < 4.78 is 27.6. The quantitative estimate of drug-likeness (QED) is 0.607. The molecule has 0 rings (SSSR count). The Morgan fingerprint density at radius 2 is 2.00 bits per heavy atom. The number of sulfone groups is 1. The van der Waals surface area contributed by atoms with E-state index in [9.17, 15) is 8.42 Å². The second-order valence-corrected chi connectivity index (χ2v) is 5.21. The largest absolute Gasteiger partial charge is 0.381 e. The van der Waals surface area contributed by atoms with Crippen LogP contribution in [0, 0.1) is 0 Å². The summed E-state index contributed by atoms with van der Waals surface area (Å²) >= 11 is 0. The van der Waals surface area contributed by atoms with Crippen LogP contribution < -0.4 is 5.73 Å². The highest BCUT2D eigenvalue weighted by Crippen LogP contribution is 1.96. The number of hydrogen-bond donors (Lipinski definition) is 1. The molecule has 80 valence electrons. The molecule has 0 aliphatic rings. The lowest BCUT2D eigenvalue weighted by Crippen LogP contribution is -2.31. The van der Waals surface area contributed by atoms with Gasteiger partial charge in [-0.25, -0.2) is 8.42 Å². The fourth-order valence-corrected chi connectivity index (χ4v) is 2.28. The molecule has 0 aliphatic carbocycles. The highest BCUT2D eigenvalue weighted by atomic mass is 32.2. The Bertz CT molecular complexity index is 213. The van der Waals surface area contributed by atoms with Crippen molar-refractivity contribution < 1.29 is 13.2 Å². The highest BCUT2D eigenvalue weighted by molar-refractivity contribution is 7.91. The first-order valence-corrected chi connectivity index (χ1v) is 6.37. The zero-order valence-electron chi connectivity index (χ0n) is 8.32. The van der Waals surface area contributed by atoms with Crippen LogP contribution in [0.1, 0.15) is 20.3 Å². The summed E-state index contributed by atoms with van der Waals surface area (Å²) in [4.78, 5) is 0. The predicted molar refractivity (Wildman–Crippen MR) is 53.4 cm³/mol. The third-order valence-corrected chi connectivity index (χ3v) is 3.46. The summed E-state index contributed by atoms with van der Waals surface area (Å²) in [5, 5.41) is 0. The summed E-state index contributed by atoms with van der Waals surface area (Å²) in [5.41, 5.74) is 5.54. The van der Waals surface area contributed by atoms with Gasteiger partial charge in [0.2, 0.25) is 0 Å². The molecule has 0 amide bonds. The van der Waals surface area contributed by atoms with Crippen molar-refractivity contribution in [3.63, 3.8) is 0 Å². The molecule has 2 N–H and O–H groups in total. The van der Waals surface area contributed by atoms with Crippen molar-refractivity contribution >= 4 is 9.84 Å². The van der Waals surface area contributed by atoms with Crippen LogP contribution in [0.4, 0.5) is 0 Å². The maximum Gasteiger partial charge on any atom is 0.154 e. The Morgan fingerprint density at radius 1 is 1.38 bits per heavy atom. The summed E-state index contributed by atoms with van der Waals surface area (Å²) in [7, 11) is -3.02. The monoisotopic (exact) mass is 209 g/mol. The summed E-state index contributed by atoms with van der Waals surface area (Å²) in [6, 6.07) is -0.244. The van der Waals surface area contributed by atoms with E-state index in [1.165, 1.54) is 0 Å². The Morgan fingerprint density at radius 3 is 2.46 bits per heavy atom. The number of ether oxygens (including phenoxy) is 1. The van der Waals surface area contributed by atoms with Crippen LogP contribution >= 0.6 is 0 Å². The third-order valence-electron chi connectivity index (χ3n) is 1.74. The van der Waals surface area contributed by atoms with Crippen molar-refractivity contribution in [1.29, 1.82) is 0 Å². The smallest absolute Gasteiger partial charge is 0.154 e. The molecule has 0 aliphatic heterocycles. The van der Waals surface area contributed by atoms with Gasteiger partial charge in [0, 0.05) is 12.6 Å². The highest BCUT2D eigenvalue weighted by Gasteiger charge is 2.14. The molecule has 0 saturated carbocycles. The zero-order valence-corrected chi connectivity index (χ0v) is 9.14. The van der Waals surface area contributed by atoms with Gasteiger partial charge in [0.15, 0.2) is 9.84 Å². The minimum Gasteiger partial charge on any atom is -0.381 e. The molecule has 0 radical (unpaired) electrons. The molecule has 5 heteroatoms. The van der Waals surface area contributed by atoms with Gasteiger partial charge in [0.25, 0.3) is 0 Å². The van der Waals surface area contributed by atoms with E-state index in [2.05, 4.69) is 0 Å². The maximum atomic E-state index is 11.3. The first-order chi connectivity index (χ1) is 6.02. The van der Waals surface area contributed by atoms with Crippen molar-refractivity contribution in [2.24, 2.45) is 5.73 Å². The summed E-state index contributed by atoms with van der Waals surface area (Å²) in [5.74, 6) is 0.144. The van der Waals surface area contributed by atoms with Crippen molar-refractivity contribution in [2.45, 2.75) is 26.3 Å². The van der Waals surface area contributed by atoms with E-state index in [-0.39, 0.29) is 24.2 Å².